The van der Waals surface area contributed by atoms with Crippen LogP contribution in [0, 0.1) is 17.0 Å². The molecule has 0 saturated heterocycles. The van der Waals surface area contributed by atoms with E-state index < -0.39 is 10.9 Å². The largest absolute Gasteiger partial charge is 0.491 e. The summed E-state index contributed by atoms with van der Waals surface area (Å²) in [5, 5.41) is 22.9. The molecule has 0 bridgehead atoms. The van der Waals surface area contributed by atoms with Crippen molar-refractivity contribution in [3.8, 4) is 0 Å². The Kier molecular flexibility index (Phi) is 4.96. The van der Waals surface area contributed by atoms with Crippen molar-refractivity contribution in [3.05, 3.63) is 51.9 Å². The fourth-order valence-corrected chi connectivity index (χ4v) is 2.54. The molecule has 0 spiro atoms. The van der Waals surface area contributed by atoms with E-state index in [0.29, 0.717) is 6.54 Å². The molecule has 3 aromatic heterocycles. The Morgan fingerprint density at radius 2 is 2.04 bits per heavy atom. The summed E-state index contributed by atoms with van der Waals surface area (Å²) in [6, 6.07) is 1.59. The number of carbonyl (C=O) groups excluding carboxylic acids is 1. The number of aromatic nitrogens is 7. The lowest BCUT2D eigenvalue weighted by Crippen LogP contribution is -2.27. The fourth-order valence-electron chi connectivity index (χ4n) is 2.54. The van der Waals surface area contributed by atoms with Gasteiger partial charge in [-0.05, 0) is 24.8 Å². The summed E-state index contributed by atoms with van der Waals surface area (Å²) in [6.07, 6.45) is 4.77. The summed E-state index contributed by atoms with van der Waals surface area (Å²) >= 11 is 0. The van der Waals surface area contributed by atoms with Crippen LogP contribution in [-0.2, 0) is 19.8 Å². The first kappa shape index (κ1) is 18.2. The van der Waals surface area contributed by atoms with Gasteiger partial charge in [0.2, 0.25) is 6.33 Å². The van der Waals surface area contributed by atoms with E-state index in [1.807, 2.05) is 24.7 Å². The predicted molar refractivity (Wildman–Crippen MR) is 92.7 cm³/mol. The normalized spacial score (nSPS) is 10.9. The third-order valence-corrected chi connectivity index (χ3v) is 3.96. The Balaban J connectivity index is 1.66. The third kappa shape index (κ3) is 3.99. The standard InChI is InChI=1S/C15H19N9O3/c1-4-21-8-12(11(2)17-21)7-20(3)14(25)13-5-6-22(18-13)10-23-9-16-15(19-23)24(26)27/h5-6,8-9H,4,7,10H2,1-3H3. The van der Waals surface area contributed by atoms with Crippen LogP contribution >= 0.6 is 0 Å². The second-order valence-electron chi connectivity index (χ2n) is 5.98. The molecule has 0 N–H and O–H groups in total. The highest BCUT2D eigenvalue weighted by atomic mass is 16.6. The molecule has 3 heterocycles. The molecule has 0 unspecified atom stereocenters. The molecule has 3 rings (SSSR count). The summed E-state index contributed by atoms with van der Waals surface area (Å²) in [5.74, 6) is -0.719. The van der Waals surface area contributed by atoms with E-state index in [9.17, 15) is 14.9 Å². The van der Waals surface area contributed by atoms with Gasteiger partial charge in [0.15, 0.2) is 6.67 Å². The molecule has 0 saturated carbocycles. The number of amides is 1. The first-order valence-corrected chi connectivity index (χ1v) is 8.23. The van der Waals surface area contributed by atoms with Gasteiger partial charge in [-0.2, -0.15) is 14.9 Å². The van der Waals surface area contributed by atoms with E-state index in [2.05, 4.69) is 20.3 Å². The molecule has 3 aromatic rings. The molecule has 142 valence electrons. The Morgan fingerprint density at radius 3 is 2.67 bits per heavy atom. The number of hydrogen-bond acceptors (Lipinski definition) is 7. The van der Waals surface area contributed by atoms with Crippen molar-refractivity contribution in [1.29, 1.82) is 0 Å². The van der Waals surface area contributed by atoms with Crippen molar-refractivity contribution >= 4 is 11.9 Å². The number of carbonyl (C=O) groups is 1. The zero-order valence-electron chi connectivity index (χ0n) is 15.2. The lowest BCUT2D eigenvalue weighted by molar-refractivity contribution is -0.394. The first-order chi connectivity index (χ1) is 12.9. The van der Waals surface area contributed by atoms with E-state index in [1.165, 1.54) is 15.7 Å². The second kappa shape index (κ2) is 7.35. The van der Waals surface area contributed by atoms with Gasteiger partial charge in [0.25, 0.3) is 5.91 Å². The maximum Gasteiger partial charge on any atom is 0.491 e. The third-order valence-electron chi connectivity index (χ3n) is 3.96. The van der Waals surface area contributed by atoms with Crippen LogP contribution in [0.1, 0.15) is 28.7 Å². The predicted octanol–water partition coefficient (Wildman–Crippen LogP) is 0.686. The van der Waals surface area contributed by atoms with Crippen LogP contribution in [0.2, 0.25) is 0 Å². The molecule has 0 fully saturated rings. The van der Waals surface area contributed by atoms with Crippen LogP contribution in [0.5, 0.6) is 0 Å². The average molecular weight is 373 g/mol. The maximum absolute atomic E-state index is 12.6. The summed E-state index contributed by atoms with van der Waals surface area (Å²) in [6.45, 7) is 5.21. The minimum absolute atomic E-state index is 0.111. The quantitative estimate of drug-likeness (QED) is 0.440. The van der Waals surface area contributed by atoms with E-state index in [4.69, 9.17) is 0 Å². The highest BCUT2D eigenvalue weighted by molar-refractivity contribution is 5.91. The number of hydrogen-bond donors (Lipinski definition) is 0. The van der Waals surface area contributed by atoms with Crippen molar-refractivity contribution in [3.63, 3.8) is 0 Å². The molecule has 12 heteroatoms. The zero-order chi connectivity index (χ0) is 19.6. The summed E-state index contributed by atoms with van der Waals surface area (Å²) in [5.41, 5.74) is 2.13. The fraction of sp³-hybridized carbons (Fsp3) is 0.400. The SMILES string of the molecule is CCn1cc(CN(C)C(=O)c2ccn(Cn3cnc([N+](=O)[O-])n3)n2)c(C)n1. The van der Waals surface area contributed by atoms with E-state index in [-0.39, 0.29) is 18.3 Å². The van der Waals surface area contributed by atoms with Gasteiger partial charge in [-0.1, -0.05) is 4.98 Å². The van der Waals surface area contributed by atoms with Crippen LogP contribution in [-0.4, -0.2) is 57.1 Å². The molecule has 0 radical (unpaired) electrons. The minimum Gasteiger partial charge on any atom is -0.390 e. The van der Waals surface area contributed by atoms with Gasteiger partial charge in [-0.3, -0.25) is 9.48 Å². The average Bonchev–Trinajstić information content (AvgIpc) is 3.35. The Morgan fingerprint density at radius 1 is 1.26 bits per heavy atom. The number of aryl methyl sites for hydroxylation is 2. The highest BCUT2D eigenvalue weighted by Crippen LogP contribution is 2.11. The van der Waals surface area contributed by atoms with Crippen molar-refractivity contribution in [1.82, 2.24) is 39.2 Å². The van der Waals surface area contributed by atoms with Crippen molar-refractivity contribution in [2.75, 3.05) is 7.05 Å². The number of nitro groups is 1. The molecular weight excluding hydrogens is 354 g/mol. The van der Waals surface area contributed by atoms with Crippen LogP contribution in [0.25, 0.3) is 0 Å². The van der Waals surface area contributed by atoms with Crippen molar-refractivity contribution < 1.29 is 9.72 Å². The topological polar surface area (TPSA) is 130 Å². The Bertz CT molecular complexity index is 971. The van der Waals surface area contributed by atoms with Crippen LogP contribution < -0.4 is 0 Å². The molecule has 0 aliphatic rings. The van der Waals surface area contributed by atoms with Gasteiger partial charge >= 0.3 is 5.95 Å². The molecule has 0 atom stereocenters. The van der Waals surface area contributed by atoms with Gasteiger partial charge in [-0.15, -0.1) is 0 Å². The second-order valence-corrected chi connectivity index (χ2v) is 5.98. The van der Waals surface area contributed by atoms with E-state index >= 15 is 0 Å². The van der Waals surface area contributed by atoms with Gasteiger partial charge in [0, 0.05) is 43.2 Å². The Hall–Kier alpha value is -3.57. The van der Waals surface area contributed by atoms with Gasteiger partial charge in [0.05, 0.1) is 5.69 Å². The Labute approximate surface area is 154 Å². The maximum atomic E-state index is 12.6. The summed E-state index contributed by atoms with van der Waals surface area (Å²) in [4.78, 5) is 27.7. The summed E-state index contributed by atoms with van der Waals surface area (Å²) in [7, 11) is 1.70. The zero-order valence-corrected chi connectivity index (χ0v) is 15.2. The first-order valence-electron chi connectivity index (χ1n) is 8.23. The monoisotopic (exact) mass is 373 g/mol. The molecular formula is C15H19N9O3. The van der Waals surface area contributed by atoms with Crippen molar-refractivity contribution in [2.24, 2.45) is 0 Å². The molecule has 0 aliphatic carbocycles. The molecule has 1 amide bonds. The smallest absolute Gasteiger partial charge is 0.390 e. The summed E-state index contributed by atoms with van der Waals surface area (Å²) < 4.78 is 4.56. The van der Waals surface area contributed by atoms with Crippen LogP contribution in [0.4, 0.5) is 5.95 Å². The number of rotatable bonds is 7. The van der Waals surface area contributed by atoms with Gasteiger partial charge in [-0.25, -0.2) is 4.68 Å². The molecule has 12 nitrogen and oxygen atoms in total. The molecule has 0 aromatic carbocycles. The van der Waals surface area contributed by atoms with Crippen LogP contribution in [0.3, 0.4) is 0 Å². The van der Waals surface area contributed by atoms with Crippen LogP contribution in [0.15, 0.2) is 24.8 Å². The van der Waals surface area contributed by atoms with E-state index in [0.717, 1.165) is 17.8 Å². The molecule has 27 heavy (non-hydrogen) atoms. The van der Waals surface area contributed by atoms with Gasteiger partial charge < -0.3 is 15.0 Å². The lowest BCUT2D eigenvalue weighted by Gasteiger charge is -2.15. The highest BCUT2D eigenvalue weighted by Gasteiger charge is 2.18. The lowest BCUT2D eigenvalue weighted by atomic mass is 10.2. The van der Waals surface area contributed by atoms with E-state index in [1.54, 1.807) is 24.2 Å². The minimum atomic E-state index is -0.674. The van der Waals surface area contributed by atoms with Gasteiger partial charge in [0.1, 0.15) is 5.69 Å². The van der Waals surface area contributed by atoms with Crippen molar-refractivity contribution in [2.45, 2.75) is 33.6 Å². The number of nitrogens with zero attached hydrogens (tertiary/aromatic N) is 9. The molecule has 0 aliphatic heterocycles.